The van der Waals surface area contributed by atoms with Crippen LogP contribution in [-0.2, 0) is 0 Å². The minimum absolute atomic E-state index is 0.0431. The Balaban J connectivity index is 2.13. The fraction of sp³-hybridized carbons (Fsp3) is 0.533. The van der Waals surface area contributed by atoms with E-state index in [4.69, 9.17) is 0 Å². The first-order valence-corrected chi connectivity index (χ1v) is 7.23. The van der Waals surface area contributed by atoms with E-state index < -0.39 is 6.36 Å². The maximum atomic E-state index is 12.7. The molecule has 1 atom stereocenters. The van der Waals surface area contributed by atoms with Crippen molar-refractivity contribution in [2.24, 2.45) is 0 Å². The predicted molar refractivity (Wildman–Crippen MR) is 73.9 cm³/mol. The molecule has 2 heterocycles. The number of rotatable bonds is 2. The molecule has 0 aliphatic carbocycles. The minimum Gasteiger partial charge on any atom is -0.405 e. The van der Waals surface area contributed by atoms with Crippen molar-refractivity contribution in [3.8, 4) is 5.75 Å². The molecule has 22 heavy (non-hydrogen) atoms. The highest BCUT2D eigenvalue weighted by Gasteiger charge is 2.43. The fourth-order valence-corrected chi connectivity index (χ4v) is 3.06. The zero-order valence-corrected chi connectivity index (χ0v) is 12.3. The molecule has 7 heteroatoms. The molecule has 0 unspecified atom stereocenters. The van der Waals surface area contributed by atoms with Gasteiger partial charge in [-0.2, -0.15) is 0 Å². The summed E-state index contributed by atoms with van der Waals surface area (Å²) in [5.74, 6) is -0.717. The average Bonchev–Trinajstić information content (AvgIpc) is 2.71. The SMILES string of the molecule is CC(C)c1cc(OC(F)(F)F)c2c(c1)[C@@H]1CNCCN1C2=O. The molecular formula is C15H17F3N2O2. The third-order valence-electron chi connectivity index (χ3n) is 4.12. The molecule has 0 spiro atoms. The summed E-state index contributed by atoms with van der Waals surface area (Å²) in [6.07, 6.45) is -4.81. The number of hydrogen-bond donors (Lipinski definition) is 1. The van der Waals surface area contributed by atoms with Gasteiger partial charge in [0, 0.05) is 19.6 Å². The molecule has 1 fully saturated rings. The van der Waals surface area contributed by atoms with Crippen molar-refractivity contribution in [1.82, 2.24) is 10.2 Å². The summed E-state index contributed by atoms with van der Waals surface area (Å²) < 4.78 is 42.2. The van der Waals surface area contributed by atoms with Crippen LogP contribution < -0.4 is 10.1 Å². The number of carbonyl (C=O) groups excluding carboxylic acids is 1. The summed E-state index contributed by atoms with van der Waals surface area (Å²) in [6.45, 7) is 5.47. The van der Waals surface area contributed by atoms with Crippen LogP contribution in [0.1, 0.15) is 47.3 Å². The number of hydrogen-bond acceptors (Lipinski definition) is 3. The van der Waals surface area contributed by atoms with Crippen molar-refractivity contribution in [1.29, 1.82) is 0 Å². The van der Waals surface area contributed by atoms with E-state index in [9.17, 15) is 18.0 Å². The standard InChI is InChI=1S/C15H17F3N2O2/c1-8(2)9-5-10-11-7-19-3-4-20(11)14(21)13(10)12(6-9)22-15(16,17)18/h5-6,8,11,19H,3-4,7H2,1-2H3/t11-/m0/s1. The van der Waals surface area contributed by atoms with Gasteiger partial charge >= 0.3 is 6.36 Å². The van der Waals surface area contributed by atoms with Crippen molar-refractivity contribution < 1.29 is 22.7 Å². The van der Waals surface area contributed by atoms with Crippen LogP contribution in [0.5, 0.6) is 5.75 Å². The molecule has 0 bridgehead atoms. The summed E-state index contributed by atoms with van der Waals surface area (Å²) in [7, 11) is 0. The maximum Gasteiger partial charge on any atom is 0.573 e. The normalized spacial score (nSPS) is 21.1. The zero-order valence-electron chi connectivity index (χ0n) is 12.3. The summed E-state index contributed by atoms with van der Waals surface area (Å²) >= 11 is 0. The van der Waals surface area contributed by atoms with E-state index in [-0.39, 0.29) is 29.2 Å². The zero-order chi connectivity index (χ0) is 16.1. The number of amides is 1. The molecule has 3 rings (SSSR count). The van der Waals surface area contributed by atoms with Gasteiger partial charge in [-0.25, -0.2) is 0 Å². The number of halogens is 3. The van der Waals surface area contributed by atoms with Gasteiger partial charge < -0.3 is 15.0 Å². The van der Waals surface area contributed by atoms with Gasteiger partial charge in [0.2, 0.25) is 0 Å². The van der Waals surface area contributed by atoms with Gasteiger partial charge in [0.25, 0.3) is 5.91 Å². The second-order valence-electron chi connectivity index (χ2n) is 5.90. The van der Waals surface area contributed by atoms with Gasteiger partial charge in [-0.3, -0.25) is 4.79 Å². The minimum atomic E-state index is -4.81. The van der Waals surface area contributed by atoms with Gasteiger partial charge in [0.15, 0.2) is 0 Å². The monoisotopic (exact) mass is 314 g/mol. The number of carbonyl (C=O) groups is 1. The van der Waals surface area contributed by atoms with Crippen LogP contribution >= 0.6 is 0 Å². The molecule has 2 aliphatic rings. The second-order valence-corrected chi connectivity index (χ2v) is 5.90. The molecule has 4 nitrogen and oxygen atoms in total. The number of piperazine rings is 1. The second kappa shape index (κ2) is 5.15. The number of fused-ring (bicyclic) bond motifs is 3. The molecule has 2 aliphatic heterocycles. The third kappa shape index (κ3) is 2.54. The molecule has 0 radical (unpaired) electrons. The van der Waals surface area contributed by atoms with Crippen molar-refractivity contribution >= 4 is 5.91 Å². The van der Waals surface area contributed by atoms with Crippen LogP contribution in [0, 0.1) is 0 Å². The fourth-order valence-electron chi connectivity index (χ4n) is 3.06. The van der Waals surface area contributed by atoms with Gasteiger partial charge in [-0.15, -0.1) is 13.2 Å². The molecule has 1 saturated heterocycles. The highest BCUT2D eigenvalue weighted by molar-refractivity contribution is 6.02. The molecule has 1 amide bonds. The average molecular weight is 314 g/mol. The third-order valence-corrected chi connectivity index (χ3v) is 4.12. The molecular weight excluding hydrogens is 297 g/mol. The predicted octanol–water partition coefficient (Wildman–Crippen LogP) is 2.81. The summed E-state index contributed by atoms with van der Waals surface area (Å²) in [5.41, 5.74) is 1.41. The highest BCUT2D eigenvalue weighted by atomic mass is 19.4. The lowest BCUT2D eigenvalue weighted by Gasteiger charge is -2.30. The summed E-state index contributed by atoms with van der Waals surface area (Å²) in [5, 5.41) is 3.18. The lowest BCUT2D eigenvalue weighted by Crippen LogP contribution is -2.44. The van der Waals surface area contributed by atoms with Gasteiger partial charge in [0.05, 0.1) is 11.6 Å². The lowest BCUT2D eigenvalue weighted by molar-refractivity contribution is -0.274. The van der Waals surface area contributed by atoms with Crippen molar-refractivity contribution in [3.63, 3.8) is 0 Å². The first kappa shape index (κ1) is 15.1. The van der Waals surface area contributed by atoms with Crippen LogP contribution in [-0.4, -0.2) is 36.8 Å². The quantitative estimate of drug-likeness (QED) is 0.913. The van der Waals surface area contributed by atoms with E-state index in [1.165, 1.54) is 6.07 Å². The Hall–Kier alpha value is -1.76. The van der Waals surface area contributed by atoms with Crippen LogP contribution in [0.25, 0.3) is 0 Å². The topological polar surface area (TPSA) is 41.6 Å². The van der Waals surface area contributed by atoms with Crippen molar-refractivity contribution in [3.05, 3.63) is 28.8 Å². The Bertz CT molecular complexity index is 614. The van der Waals surface area contributed by atoms with Crippen molar-refractivity contribution in [2.45, 2.75) is 32.2 Å². The number of nitrogens with zero attached hydrogens (tertiary/aromatic N) is 1. The van der Waals surface area contributed by atoms with E-state index in [0.717, 1.165) is 5.56 Å². The van der Waals surface area contributed by atoms with Gasteiger partial charge in [-0.1, -0.05) is 19.9 Å². The van der Waals surface area contributed by atoms with Crippen LogP contribution in [0.2, 0.25) is 0 Å². The smallest absolute Gasteiger partial charge is 0.405 e. The van der Waals surface area contributed by atoms with E-state index in [1.54, 1.807) is 4.90 Å². The van der Waals surface area contributed by atoms with Crippen LogP contribution in [0.3, 0.4) is 0 Å². The van der Waals surface area contributed by atoms with Crippen molar-refractivity contribution in [2.75, 3.05) is 19.6 Å². The lowest BCUT2D eigenvalue weighted by atomic mass is 9.94. The molecule has 0 aromatic heterocycles. The number of benzene rings is 1. The largest absolute Gasteiger partial charge is 0.573 e. The first-order chi connectivity index (χ1) is 10.3. The first-order valence-electron chi connectivity index (χ1n) is 7.23. The van der Waals surface area contributed by atoms with E-state index in [1.807, 2.05) is 19.9 Å². The molecule has 120 valence electrons. The van der Waals surface area contributed by atoms with Crippen LogP contribution in [0.4, 0.5) is 13.2 Å². The maximum absolute atomic E-state index is 12.7. The Kier molecular flexibility index (Phi) is 3.55. The van der Waals surface area contributed by atoms with Gasteiger partial charge in [0.1, 0.15) is 5.75 Å². The Morgan fingerprint density at radius 3 is 2.73 bits per heavy atom. The van der Waals surface area contributed by atoms with E-state index in [0.29, 0.717) is 25.2 Å². The molecule has 1 aromatic carbocycles. The number of alkyl halides is 3. The van der Waals surface area contributed by atoms with Crippen LogP contribution in [0.15, 0.2) is 12.1 Å². The number of ether oxygens (including phenoxy) is 1. The molecule has 1 N–H and O–H groups in total. The Morgan fingerprint density at radius 1 is 1.36 bits per heavy atom. The van der Waals surface area contributed by atoms with E-state index >= 15 is 0 Å². The Labute approximate surface area is 126 Å². The van der Waals surface area contributed by atoms with Gasteiger partial charge in [-0.05, 0) is 23.1 Å². The molecule has 1 aromatic rings. The van der Waals surface area contributed by atoms with E-state index in [2.05, 4.69) is 10.1 Å². The summed E-state index contributed by atoms with van der Waals surface area (Å²) in [6, 6.07) is 2.95. The highest BCUT2D eigenvalue weighted by Crippen LogP contribution is 2.42. The summed E-state index contributed by atoms with van der Waals surface area (Å²) in [4.78, 5) is 14.1. The Morgan fingerprint density at radius 2 is 2.09 bits per heavy atom. The molecule has 0 saturated carbocycles. The number of nitrogens with one attached hydrogen (secondary N) is 1.